The van der Waals surface area contributed by atoms with E-state index in [1.54, 1.807) is 51.1 Å². The molecule has 7 nitrogen and oxygen atoms in total. The fourth-order valence-corrected chi connectivity index (χ4v) is 3.68. The Morgan fingerprint density at radius 3 is 1.74 bits per heavy atom. The van der Waals surface area contributed by atoms with Crippen LogP contribution in [0.5, 0.6) is 0 Å². The van der Waals surface area contributed by atoms with Gasteiger partial charge in [-0.25, -0.2) is 4.79 Å². The number of carbonyl (C=O) groups is 2. The predicted octanol–water partition coefficient (Wildman–Crippen LogP) is 4.86. The lowest BCUT2D eigenvalue weighted by atomic mass is 9.88. The van der Waals surface area contributed by atoms with Crippen molar-refractivity contribution in [1.82, 2.24) is 0 Å². The first-order chi connectivity index (χ1) is 16.7. The average Bonchev–Trinajstić information content (AvgIpc) is 2.84. The van der Waals surface area contributed by atoms with E-state index in [1.165, 1.54) is 0 Å². The molecule has 0 radical (unpaired) electrons. The van der Waals surface area contributed by atoms with Gasteiger partial charge in [0, 0.05) is 16.1 Å². The average molecular weight is 473 g/mol. The molecule has 2 atom stereocenters. The number of ketones is 1. The van der Waals surface area contributed by atoms with E-state index in [0.29, 0.717) is 22.4 Å². The van der Waals surface area contributed by atoms with E-state index in [0.717, 1.165) is 0 Å². The van der Waals surface area contributed by atoms with Crippen molar-refractivity contribution in [3.63, 3.8) is 0 Å². The smallest absolute Gasteiger partial charge is 0.377 e. The van der Waals surface area contributed by atoms with E-state index in [1.807, 2.05) is 60.7 Å². The summed E-state index contributed by atoms with van der Waals surface area (Å²) in [6.07, 6.45) is 0. The number of rotatable bonds is 9. The molecular weight excluding hydrogens is 444 g/mol. The molecule has 35 heavy (non-hydrogen) atoms. The second kappa shape index (κ2) is 11.3. The number of hydrogen-bond acceptors (Lipinski definition) is 6. The number of aliphatic imine (C=N–C) groups is 1. The van der Waals surface area contributed by atoms with E-state index >= 15 is 0 Å². The molecule has 0 bridgehead atoms. The largest absolute Gasteiger partial charge is 0.454 e. The summed E-state index contributed by atoms with van der Waals surface area (Å²) in [6, 6.07) is 25.7. The van der Waals surface area contributed by atoms with Crippen molar-refractivity contribution >= 4 is 17.5 Å². The Bertz CT molecular complexity index is 1140. The van der Waals surface area contributed by atoms with Gasteiger partial charge < -0.3 is 4.74 Å². The Morgan fingerprint density at radius 2 is 1.31 bits per heavy atom. The third-order valence-electron chi connectivity index (χ3n) is 5.19. The molecule has 3 rings (SSSR count). The van der Waals surface area contributed by atoms with Gasteiger partial charge in [0.15, 0.2) is 0 Å². The number of nitro groups is 1. The Morgan fingerprint density at radius 1 is 0.857 bits per heavy atom. The number of benzene rings is 3. The van der Waals surface area contributed by atoms with E-state index in [-0.39, 0.29) is 0 Å². The van der Waals surface area contributed by atoms with Crippen LogP contribution in [0, 0.1) is 10.1 Å². The second-order valence-corrected chi connectivity index (χ2v) is 9.05. The third-order valence-corrected chi connectivity index (χ3v) is 5.19. The Kier molecular flexibility index (Phi) is 8.25. The number of carbonyl (C=O) groups excluding carboxylic acids is 2. The molecule has 0 fully saturated rings. The van der Waals surface area contributed by atoms with Gasteiger partial charge in [0.25, 0.3) is 5.78 Å². The Hall–Kier alpha value is -4.13. The van der Waals surface area contributed by atoms with E-state index in [4.69, 9.17) is 9.73 Å². The quantitative estimate of drug-likeness (QED) is 0.146. The summed E-state index contributed by atoms with van der Waals surface area (Å²) in [6.45, 7) is 4.38. The van der Waals surface area contributed by atoms with Crippen molar-refractivity contribution in [1.29, 1.82) is 0 Å². The summed E-state index contributed by atoms with van der Waals surface area (Å²) in [4.78, 5) is 42.3. The van der Waals surface area contributed by atoms with Crippen molar-refractivity contribution in [2.24, 2.45) is 4.99 Å². The molecule has 7 heteroatoms. The highest BCUT2D eigenvalue weighted by atomic mass is 16.6. The lowest BCUT2D eigenvalue weighted by Gasteiger charge is -2.24. The molecule has 0 unspecified atom stereocenters. The van der Waals surface area contributed by atoms with E-state index in [9.17, 15) is 19.7 Å². The Labute approximate surface area is 204 Å². The minimum Gasteiger partial charge on any atom is -0.454 e. The van der Waals surface area contributed by atoms with Gasteiger partial charge in [-0.3, -0.25) is 19.9 Å². The molecule has 0 aliphatic rings. The van der Waals surface area contributed by atoms with Gasteiger partial charge in [-0.2, -0.15) is 0 Å². The van der Waals surface area contributed by atoms with E-state index in [2.05, 4.69) is 0 Å². The highest BCUT2D eigenvalue weighted by molar-refractivity contribution is 6.36. The molecule has 0 N–H and O–H groups in total. The van der Waals surface area contributed by atoms with E-state index < -0.39 is 40.8 Å². The number of esters is 1. The van der Waals surface area contributed by atoms with Gasteiger partial charge in [0.1, 0.15) is 11.6 Å². The maximum absolute atomic E-state index is 13.5. The van der Waals surface area contributed by atoms with Crippen LogP contribution < -0.4 is 0 Å². The van der Waals surface area contributed by atoms with Crippen LogP contribution in [0.3, 0.4) is 0 Å². The topological polar surface area (TPSA) is 98.9 Å². The van der Waals surface area contributed by atoms with Crippen LogP contribution >= 0.6 is 0 Å². The molecule has 0 aliphatic carbocycles. The van der Waals surface area contributed by atoms with Crippen LogP contribution in [0.15, 0.2) is 96.0 Å². The zero-order valence-electron chi connectivity index (χ0n) is 20.0. The van der Waals surface area contributed by atoms with Crippen LogP contribution in [0.2, 0.25) is 0 Å². The number of Topliss-reactive ketones (excluding diaryl/α,β-unsaturated/α-hetero) is 1. The zero-order chi connectivity index (χ0) is 25.4. The first-order valence-electron chi connectivity index (χ1n) is 11.3. The number of hydrogen-bond donors (Lipinski definition) is 0. The molecule has 0 heterocycles. The molecule has 0 saturated heterocycles. The summed E-state index contributed by atoms with van der Waals surface area (Å²) in [5.41, 5.74) is 1.52. The Balaban J connectivity index is 2.22. The number of ether oxygens (including phenoxy) is 1. The summed E-state index contributed by atoms with van der Waals surface area (Å²) in [5, 5.41) is 11.7. The fraction of sp³-hybridized carbons (Fsp3) is 0.250. The molecule has 0 spiro atoms. The lowest BCUT2D eigenvalue weighted by Crippen LogP contribution is -2.40. The second-order valence-electron chi connectivity index (χ2n) is 9.05. The zero-order valence-corrected chi connectivity index (χ0v) is 20.0. The van der Waals surface area contributed by atoms with Gasteiger partial charge in [-0.15, -0.1) is 0 Å². The van der Waals surface area contributed by atoms with Crippen molar-refractivity contribution in [3.8, 4) is 0 Å². The van der Waals surface area contributed by atoms with Crippen molar-refractivity contribution in [2.75, 3.05) is 6.54 Å². The highest BCUT2D eigenvalue weighted by Crippen LogP contribution is 2.26. The first kappa shape index (κ1) is 25.5. The van der Waals surface area contributed by atoms with Crippen molar-refractivity contribution < 1.29 is 19.2 Å². The minimum absolute atomic E-state index is 0.456. The maximum atomic E-state index is 13.5. The summed E-state index contributed by atoms with van der Waals surface area (Å²) in [5.74, 6) is -2.98. The molecule has 0 saturated carbocycles. The lowest BCUT2D eigenvalue weighted by molar-refractivity contribution is -0.483. The van der Waals surface area contributed by atoms with Crippen LogP contribution in [0.1, 0.15) is 43.4 Å². The first-order valence-corrected chi connectivity index (χ1v) is 11.3. The van der Waals surface area contributed by atoms with Crippen molar-refractivity contribution in [3.05, 3.63) is 118 Å². The monoisotopic (exact) mass is 472 g/mol. The molecule has 0 aromatic heterocycles. The number of nitrogens with zero attached hydrogens (tertiary/aromatic N) is 2. The molecule has 3 aromatic rings. The molecule has 3 aromatic carbocycles. The van der Waals surface area contributed by atoms with Gasteiger partial charge in [-0.1, -0.05) is 91.0 Å². The van der Waals surface area contributed by atoms with Gasteiger partial charge in [-0.05, 0) is 26.3 Å². The SMILES string of the molecule is CC(C)(C)OC(=O)C(=O)[C@H](N=C(c1ccccc1)c1ccccc1)[C@@H](C[N+](=O)[O-])c1ccccc1. The highest BCUT2D eigenvalue weighted by Gasteiger charge is 2.39. The summed E-state index contributed by atoms with van der Waals surface area (Å²) < 4.78 is 5.34. The third kappa shape index (κ3) is 7.17. The van der Waals surface area contributed by atoms with Crippen LogP contribution in [0.4, 0.5) is 0 Å². The summed E-state index contributed by atoms with van der Waals surface area (Å²) in [7, 11) is 0. The van der Waals surface area contributed by atoms with Gasteiger partial charge in [0.05, 0.1) is 11.6 Å². The minimum atomic E-state index is -1.37. The fourth-order valence-electron chi connectivity index (χ4n) is 3.68. The molecular formula is C28H28N2O5. The van der Waals surface area contributed by atoms with Crippen LogP contribution in [-0.2, 0) is 14.3 Å². The van der Waals surface area contributed by atoms with Gasteiger partial charge >= 0.3 is 5.97 Å². The molecule has 0 amide bonds. The predicted molar refractivity (Wildman–Crippen MR) is 134 cm³/mol. The van der Waals surface area contributed by atoms with Crippen LogP contribution in [-0.4, -0.2) is 40.6 Å². The van der Waals surface area contributed by atoms with Crippen LogP contribution in [0.25, 0.3) is 0 Å². The standard InChI is InChI=1S/C28H28N2O5/c1-28(2,3)35-27(32)26(31)25(23(19-30(33)34)20-13-7-4-8-14-20)29-24(21-15-9-5-10-16-21)22-17-11-6-12-18-22/h4-18,23,25H,19H2,1-3H3/t23-,25+/m0/s1. The molecule has 180 valence electrons. The summed E-state index contributed by atoms with van der Waals surface area (Å²) >= 11 is 0. The normalized spacial score (nSPS) is 12.8. The van der Waals surface area contributed by atoms with Gasteiger partial charge in [0.2, 0.25) is 6.54 Å². The molecule has 0 aliphatic heterocycles. The maximum Gasteiger partial charge on any atom is 0.377 e. The van der Waals surface area contributed by atoms with Crippen molar-refractivity contribution in [2.45, 2.75) is 38.3 Å².